The third-order valence-electron chi connectivity index (χ3n) is 7.63. The van der Waals surface area contributed by atoms with Crippen molar-refractivity contribution in [3.63, 3.8) is 0 Å². The van der Waals surface area contributed by atoms with E-state index in [4.69, 9.17) is 4.74 Å². The van der Waals surface area contributed by atoms with E-state index in [0.717, 1.165) is 32.1 Å². The van der Waals surface area contributed by atoms with Crippen LogP contribution >= 0.6 is 0 Å². The van der Waals surface area contributed by atoms with Crippen molar-refractivity contribution in [2.45, 2.75) is 63.6 Å². The third-order valence-corrected chi connectivity index (χ3v) is 7.63. The number of aryl methyl sites for hydroxylation is 1. The van der Waals surface area contributed by atoms with Gasteiger partial charge in [0.05, 0.1) is 11.7 Å². The lowest BCUT2D eigenvalue weighted by atomic mass is 9.52. The molecule has 3 unspecified atom stereocenters. The minimum Gasteiger partial charge on any atom is -0.508 e. The lowest BCUT2D eigenvalue weighted by Gasteiger charge is -2.55. The SMILES string of the molecule is C/C=C/[C@]1(O)CCC2C3CCc4cc(O)ccc4C3[C@@H](OC)C[C@@]21C. The van der Waals surface area contributed by atoms with Gasteiger partial charge in [-0.3, -0.25) is 0 Å². The van der Waals surface area contributed by atoms with E-state index in [1.807, 2.05) is 38.3 Å². The van der Waals surface area contributed by atoms with Gasteiger partial charge in [0.15, 0.2) is 0 Å². The Labute approximate surface area is 150 Å². The number of hydrogen-bond acceptors (Lipinski definition) is 3. The average Bonchev–Trinajstić information content (AvgIpc) is 2.85. The van der Waals surface area contributed by atoms with Crippen molar-refractivity contribution in [3.8, 4) is 5.75 Å². The van der Waals surface area contributed by atoms with Crippen LogP contribution in [0.25, 0.3) is 0 Å². The number of phenols is 1. The first-order valence-electron chi connectivity index (χ1n) is 9.64. The van der Waals surface area contributed by atoms with Crippen molar-refractivity contribution >= 4 is 0 Å². The lowest BCUT2D eigenvalue weighted by Crippen LogP contribution is -2.54. The monoisotopic (exact) mass is 342 g/mol. The van der Waals surface area contributed by atoms with Gasteiger partial charge >= 0.3 is 0 Å². The van der Waals surface area contributed by atoms with Crippen molar-refractivity contribution in [2.75, 3.05) is 7.11 Å². The number of allylic oxidation sites excluding steroid dienone is 1. The number of rotatable bonds is 2. The second-order valence-corrected chi connectivity index (χ2v) is 8.58. The highest BCUT2D eigenvalue weighted by atomic mass is 16.5. The molecule has 3 aliphatic rings. The van der Waals surface area contributed by atoms with Crippen LogP contribution in [0, 0.1) is 17.3 Å². The summed E-state index contributed by atoms with van der Waals surface area (Å²) in [7, 11) is 1.81. The van der Waals surface area contributed by atoms with E-state index >= 15 is 0 Å². The maximum absolute atomic E-state index is 11.4. The highest BCUT2D eigenvalue weighted by Gasteiger charge is 2.63. The molecule has 0 radical (unpaired) electrons. The number of benzene rings is 1. The van der Waals surface area contributed by atoms with Gasteiger partial charge < -0.3 is 14.9 Å². The molecule has 2 saturated carbocycles. The maximum atomic E-state index is 11.4. The summed E-state index contributed by atoms with van der Waals surface area (Å²) < 4.78 is 5.99. The smallest absolute Gasteiger partial charge is 0.115 e. The fraction of sp³-hybridized carbons (Fsp3) is 0.636. The van der Waals surface area contributed by atoms with Gasteiger partial charge in [0.1, 0.15) is 5.75 Å². The van der Waals surface area contributed by atoms with Crippen LogP contribution in [0.5, 0.6) is 5.75 Å². The first-order valence-corrected chi connectivity index (χ1v) is 9.64. The Morgan fingerprint density at radius 3 is 2.80 bits per heavy atom. The van der Waals surface area contributed by atoms with Gasteiger partial charge in [0.2, 0.25) is 0 Å². The summed E-state index contributed by atoms with van der Waals surface area (Å²) in [5.74, 6) is 1.79. The van der Waals surface area contributed by atoms with Gasteiger partial charge in [-0.05, 0) is 74.1 Å². The van der Waals surface area contributed by atoms with Crippen molar-refractivity contribution in [2.24, 2.45) is 17.3 Å². The molecule has 4 rings (SSSR count). The lowest BCUT2D eigenvalue weighted by molar-refractivity contribution is -0.120. The molecule has 0 amide bonds. The molecule has 2 N–H and O–H groups in total. The molecular weight excluding hydrogens is 312 g/mol. The van der Waals surface area contributed by atoms with E-state index in [2.05, 4.69) is 13.0 Å². The predicted octanol–water partition coefficient (Wildman–Crippen LogP) is 4.18. The quantitative estimate of drug-likeness (QED) is 0.793. The van der Waals surface area contributed by atoms with Crippen LogP contribution in [-0.4, -0.2) is 29.0 Å². The van der Waals surface area contributed by atoms with Crippen molar-refractivity contribution in [1.82, 2.24) is 0 Å². The largest absolute Gasteiger partial charge is 0.508 e. The highest BCUT2D eigenvalue weighted by molar-refractivity contribution is 5.41. The van der Waals surface area contributed by atoms with Gasteiger partial charge in [-0.1, -0.05) is 25.1 Å². The molecule has 2 fully saturated rings. The molecule has 0 aliphatic heterocycles. The average molecular weight is 342 g/mol. The summed E-state index contributed by atoms with van der Waals surface area (Å²) in [6.07, 6.45) is 9.09. The van der Waals surface area contributed by atoms with Gasteiger partial charge in [-0.15, -0.1) is 0 Å². The van der Waals surface area contributed by atoms with Crippen LogP contribution in [0.4, 0.5) is 0 Å². The zero-order valence-electron chi connectivity index (χ0n) is 15.5. The van der Waals surface area contributed by atoms with E-state index in [1.54, 1.807) is 0 Å². The van der Waals surface area contributed by atoms with Crippen LogP contribution in [0.15, 0.2) is 30.4 Å². The van der Waals surface area contributed by atoms with Gasteiger partial charge in [0.25, 0.3) is 0 Å². The number of fused-ring (bicyclic) bond motifs is 5. The molecule has 0 spiro atoms. The standard InChI is InChI=1S/C22H30O3/c1-4-10-22(24)11-9-18-17-7-5-14-12-15(23)6-8-16(14)20(17)19(25-3)13-21(18,22)2/h4,6,8,10,12,17-20,23-24H,5,7,9,11,13H2,1-3H3/b10-4+/t17?,18?,19-,20?,21-,22-/m0/s1. The van der Waals surface area contributed by atoms with Crippen LogP contribution < -0.4 is 0 Å². The van der Waals surface area contributed by atoms with Crippen LogP contribution in [0.2, 0.25) is 0 Å². The van der Waals surface area contributed by atoms with Crippen LogP contribution in [0.1, 0.15) is 56.6 Å². The summed E-state index contributed by atoms with van der Waals surface area (Å²) >= 11 is 0. The number of hydrogen-bond donors (Lipinski definition) is 2. The molecule has 3 heteroatoms. The first kappa shape index (κ1) is 17.1. The van der Waals surface area contributed by atoms with E-state index in [1.165, 1.54) is 11.1 Å². The second kappa shape index (κ2) is 5.85. The normalized spacial score (nSPS) is 42.9. The molecule has 1 aromatic rings. The summed E-state index contributed by atoms with van der Waals surface area (Å²) in [6.45, 7) is 4.27. The predicted molar refractivity (Wildman–Crippen MR) is 98.7 cm³/mol. The number of aromatic hydroxyl groups is 1. The molecule has 0 saturated heterocycles. The topological polar surface area (TPSA) is 49.7 Å². The summed E-state index contributed by atoms with van der Waals surface area (Å²) in [6, 6.07) is 5.84. The number of phenolic OH excluding ortho intramolecular Hbond substituents is 1. The fourth-order valence-electron chi connectivity index (χ4n) is 6.43. The van der Waals surface area contributed by atoms with E-state index in [-0.39, 0.29) is 11.5 Å². The second-order valence-electron chi connectivity index (χ2n) is 8.58. The molecule has 136 valence electrons. The van der Waals surface area contributed by atoms with Gasteiger partial charge in [-0.2, -0.15) is 0 Å². The molecule has 6 atom stereocenters. The van der Waals surface area contributed by atoms with Gasteiger partial charge in [0, 0.05) is 18.4 Å². The van der Waals surface area contributed by atoms with Crippen LogP contribution in [-0.2, 0) is 11.2 Å². The molecule has 0 aromatic heterocycles. The van der Waals surface area contributed by atoms with Crippen molar-refractivity contribution in [1.29, 1.82) is 0 Å². The first-order chi connectivity index (χ1) is 11.9. The van der Waals surface area contributed by atoms with Crippen LogP contribution in [0.3, 0.4) is 0 Å². The maximum Gasteiger partial charge on any atom is 0.115 e. The summed E-state index contributed by atoms with van der Waals surface area (Å²) in [5, 5.41) is 21.3. The van der Waals surface area contributed by atoms with Gasteiger partial charge in [-0.25, -0.2) is 0 Å². The fourth-order valence-corrected chi connectivity index (χ4v) is 6.43. The minimum absolute atomic E-state index is 0.115. The Balaban J connectivity index is 1.78. The number of ether oxygens (including phenoxy) is 1. The molecule has 3 nitrogen and oxygen atoms in total. The molecule has 1 aromatic carbocycles. The Hall–Kier alpha value is -1.32. The Bertz CT molecular complexity index is 697. The highest BCUT2D eigenvalue weighted by Crippen LogP contribution is 2.65. The number of aliphatic hydroxyl groups is 1. The van der Waals surface area contributed by atoms with E-state index in [9.17, 15) is 10.2 Å². The molecule has 0 heterocycles. The third kappa shape index (κ3) is 2.32. The van der Waals surface area contributed by atoms with E-state index in [0.29, 0.717) is 23.5 Å². The summed E-state index contributed by atoms with van der Waals surface area (Å²) in [5.41, 5.74) is 1.78. The zero-order chi connectivity index (χ0) is 17.8. The Kier molecular flexibility index (Phi) is 4.01. The Morgan fingerprint density at radius 2 is 2.08 bits per heavy atom. The molecule has 3 aliphatic carbocycles. The van der Waals surface area contributed by atoms with Crippen molar-refractivity contribution < 1.29 is 14.9 Å². The molecule has 25 heavy (non-hydrogen) atoms. The van der Waals surface area contributed by atoms with E-state index < -0.39 is 5.60 Å². The zero-order valence-corrected chi connectivity index (χ0v) is 15.5. The minimum atomic E-state index is -0.719. The Morgan fingerprint density at radius 1 is 1.28 bits per heavy atom. The van der Waals surface area contributed by atoms with Crippen molar-refractivity contribution in [3.05, 3.63) is 41.5 Å². The number of methoxy groups -OCH3 is 1. The summed E-state index contributed by atoms with van der Waals surface area (Å²) in [4.78, 5) is 0. The molecular formula is C22H30O3. The molecule has 0 bridgehead atoms.